The van der Waals surface area contributed by atoms with E-state index in [1.54, 1.807) is 6.08 Å². The maximum atomic E-state index is 12.7. The number of aliphatic hydroxyl groups is 2. The first-order valence-corrected chi connectivity index (χ1v) is 25.5. The summed E-state index contributed by atoms with van der Waals surface area (Å²) in [5, 5.41) is 30.4. The number of carbonyl (C=O) groups excluding carboxylic acids is 3. The van der Waals surface area contributed by atoms with E-state index in [2.05, 4.69) is 111 Å². The Balaban J connectivity index is 0.658. The molecule has 12 nitrogen and oxygen atoms in total. The highest BCUT2D eigenvalue weighted by molar-refractivity contribution is 6.04. The van der Waals surface area contributed by atoms with Gasteiger partial charge in [-0.15, -0.1) is 0 Å². The van der Waals surface area contributed by atoms with Crippen molar-refractivity contribution in [1.29, 1.82) is 0 Å². The van der Waals surface area contributed by atoms with Crippen LogP contribution in [0.25, 0.3) is 6.08 Å². The van der Waals surface area contributed by atoms with Gasteiger partial charge in [-0.3, -0.25) is 9.59 Å². The Kier molecular flexibility index (Phi) is 14.8. The Morgan fingerprint density at radius 2 is 1.70 bits per heavy atom. The van der Waals surface area contributed by atoms with Crippen LogP contribution >= 0.6 is 0 Å². The first-order chi connectivity index (χ1) is 32.0. The van der Waals surface area contributed by atoms with Gasteiger partial charge in [0.25, 0.3) is 0 Å². The minimum absolute atomic E-state index is 0.0103. The van der Waals surface area contributed by atoms with Gasteiger partial charge in [0.15, 0.2) is 5.71 Å². The van der Waals surface area contributed by atoms with Gasteiger partial charge in [0.2, 0.25) is 11.8 Å². The third-order valence-corrected chi connectivity index (χ3v) is 17.9. The lowest BCUT2D eigenvalue weighted by Crippen LogP contribution is -2.67. The lowest BCUT2D eigenvalue weighted by Gasteiger charge is -2.65. The molecule has 12 heteroatoms. The summed E-state index contributed by atoms with van der Waals surface area (Å²) in [6.07, 6.45) is 20.7. The van der Waals surface area contributed by atoms with Crippen molar-refractivity contribution in [1.82, 2.24) is 10.6 Å². The van der Waals surface area contributed by atoms with Crippen molar-refractivity contribution in [2.24, 2.45) is 34.5 Å². The van der Waals surface area contributed by atoms with E-state index in [0.717, 1.165) is 76.3 Å². The van der Waals surface area contributed by atoms with Gasteiger partial charge in [-0.05, 0) is 158 Å². The van der Waals surface area contributed by atoms with Crippen molar-refractivity contribution in [2.45, 2.75) is 134 Å². The number of esters is 1. The quantitative estimate of drug-likeness (QED) is 0.0708. The molecule has 4 saturated carbocycles. The average Bonchev–Trinajstić information content (AvgIpc) is 3.85. The number of cyclic esters (lactones) is 1. The molecule has 0 spiro atoms. The number of aliphatic hydroxyl groups excluding tert-OH is 1. The molecule has 2 amide bonds. The monoisotopic (exact) mass is 924 g/mol. The van der Waals surface area contributed by atoms with E-state index in [1.807, 2.05) is 0 Å². The molecule has 9 atom stereocenters. The summed E-state index contributed by atoms with van der Waals surface area (Å²) >= 11 is 0. The summed E-state index contributed by atoms with van der Waals surface area (Å²) in [6.45, 7) is 12.3. The molecule has 0 bridgehead atoms. The third-order valence-electron chi connectivity index (χ3n) is 17.9. The molecule has 0 radical (unpaired) electrons. The molecule has 6 aliphatic carbocycles. The molecule has 7 aliphatic rings. The predicted molar refractivity (Wildman–Crippen MR) is 262 cm³/mol. The number of benzene rings is 1. The molecule has 0 saturated heterocycles. The van der Waals surface area contributed by atoms with Gasteiger partial charge < -0.3 is 40.0 Å². The van der Waals surface area contributed by atoms with E-state index in [1.165, 1.54) is 33.7 Å². The third kappa shape index (κ3) is 9.75. The first-order valence-electron chi connectivity index (χ1n) is 25.5. The predicted octanol–water partition coefficient (Wildman–Crippen LogP) is 6.82. The number of rotatable bonds is 18. The highest BCUT2D eigenvalue weighted by Crippen LogP contribution is 2.70. The Morgan fingerprint density at radius 1 is 0.896 bits per heavy atom. The highest BCUT2D eigenvalue weighted by atomic mass is 16.5. The fourth-order valence-electron chi connectivity index (χ4n) is 13.8. The molecule has 1 aliphatic heterocycles. The Hall–Kier alpha value is -4.10. The zero-order chi connectivity index (χ0) is 47.7. The zero-order valence-corrected chi connectivity index (χ0v) is 41.5. The van der Waals surface area contributed by atoms with Gasteiger partial charge in [0.1, 0.15) is 27.3 Å². The lowest BCUT2D eigenvalue weighted by molar-refractivity contribution is -0.462. The van der Waals surface area contributed by atoms with Gasteiger partial charge >= 0.3 is 5.97 Å². The van der Waals surface area contributed by atoms with Gasteiger partial charge in [-0.25, -0.2) is 9.37 Å². The van der Waals surface area contributed by atoms with E-state index in [-0.39, 0.29) is 65.7 Å². The number of hydrogen-bond acceptors (Lipinski definition) is 9. The van der Waals surface area contributed by atoms with Crippen molar-refractivity contribution >= 4 is 35.3 Å². The molecule has 8 rings (SSSR count). The van der Waals surface area contributed by atoms with Crippen LogP contribution in [-0.4, -0.2) is 123 Å². The summed E-state index contributed by atoms with van der Waals surface area (Å²) in [5.41, 5.74) is 6.68. The lowest BCUT2D eigenvalue weighted by atomic mass is 9.42. The van der Waals surface area contributed by atoms with Crippen molar-refractivity contribution in [3.63, 3.8) is 0 Å². The smallest absolute Gasteiger partial charge is 0.331 e. The number of amides is 2. The summed E-state index contributed by atoms with van der Waals surface area (Å²) in [4.78, 5) is 39.5. The van der Waals surface area contributed by atoms with Crippen molar-refractivity contribution in [3.8, 4) is 0 Å². The molecular weight excluding hydrogens is 845 g/mol. The molecule has 1 aromatic rings. The SMILES string of the molecule is CN(CCCC(=O)NCCCCCOCCNC(=O)COC1CC[C@@]2(C)C(CCC3C2C[C@@H](O)[C@]2(C)C(C4=CC(=O)OC4)CC[C@]32O)C1)c1ccc2c(c1)C(C)(C)C1=CC(=[N+](C)C)C=CC1=C2. The summed E-state index contributed by atoms with van der Waals surface area (Å²) < 4.78 is 19.4. The number of fused-ring (bicyclic) bond motifs is 7. The van der Waals surface area contributed by atoms with Crippen LogP contribution in [0.2, 0.25) is 0 Å². The topological polar surface area (TPSA) is 150 Å². The average molecular weight is 924 g/mol. The second kappa shape index (κ2) is 20.1. The molecule has 366 valence electrons. The fourth-order valence-corrected chi connectivity index (χ4v) is 13.8. The fraction of sp³-hybridized carbons (Fsp3) is 0.673. The molecule has 0 aromatic heterocycles. The van der Waals surface area contributed by atoms with E-state index < -0.39 is 17.1 Å². The number of carbonyl (C=O) groups is 3. The van der Waals surface area contributed by atoms with E-state index in [4.69, 9.17) is 14.2 Å². The van der Waals surface area contributed by atoms with Gasteiger partial charge in [0, 0.05) is 74.5 Å². The standard InChI is InChI=1S/C55H78N4O8/c1-52(2)45-31-40(58(5)6)16-13-36(45)28-37-14-17-41(32-46(37)52)59(7)25-11-12-49(61)56-23-9-8-10-26-65-27-24-57-50(62)35-66-42-19-21-53(3)39(30-42)15-18-44-47(53)33-48(60)54(4)43(20-22-55(44,54)64)38-29-51(63)67-34-38/h13-14,16-17,28-29,31-32,39,42-44,47-48,60,64H,8-12,15,18-27,30,33-35H2,1-7H3,(H-,56,57,61,62)/p+1/t39?,42?,43?,44?,47?,48-,53+,54+,55+/m1/s1. The zero-order valence-electron chi connectivity index (χ0n) is 41.5. The first kappa shape index (κ1) is 49.3. The van der Waals surface area contributed by atoms with Crippen LogP contribution < -0.4 is 15.5 Å². The van der Waals surface area contributed by atoms with Crippen LogP contribution in [0.1, 0.15) is 122 Å². The Morgan fingerprint density at radius 3 is 2.48 bits per heavy atom. The second-order valence-corrected chi connectivity index (χ2v) is 22.2. The second-order valence-electron chi connectivity index (χ2n) is 22.2. The van der Waals surface area contributed by atoms with E-state index in [9.17, 15) is 24.6 Å². The number of unbranched alkanes of at least 4 members (excludes halogenated alkanes) is 2. The van der Waals surface area contributed by atoms with E-state index in [0.29, 0.717) is 51.5 Å². The largest absolute Gasteiger partial charge is 0.458 e. The van der Waals surface area contributed by atoms with Crippen LogP contribution in [0, 0.1) is 34.5 Å². The normalized spacial score (nSPS) is 32.3. The molecule has 4 fully saturated rings. The van der Waals surface area contributed by atoms with Crippen LogP contribution in [0.4, 0.5) is 5.69 Å². The Bertz CT molecular complexity index is 2200. The van der Waals surface area contributed by atoms with Crippen molar-refractivity contribution in [3.05, 3.63) is 70.3 Å². The molecule has 1 aromatic carbocycles. The van der Waals surface area contributed by atoms with Gasteiger partial charge in [-0.2, -0.15) is 0 Å². The summed E-state index contributed by atoms with van der Waals surface area (Å²) in [7, 11) is 6.27. The molecular formula is C55H79N4O8+. The van der Waals surface area contributed by atoms with Crippen LogP contribution in [0.3, 0.4) is 0 Å². The van der Waals surface area contributed by atoms with Crippen LogP contribution in [0.15, 0.2) is 59.2 Å². The van der Waals surface area contributed by atoms with Gasteiger partial charge in [0.05, 0.1) is 24.4 Å². The number of nitrogens with one attached hydrogen (secondary N) is 2. The number of nitrogens with zero attached hydrogens (tertiary/aromatic N) is 2. The van der Waals surface area contributed by atoms with Crippen molar-refractivity contribution in [2.75, 3.05) is 72.1 Å². The molecule has 4 N–H and O–H groups in total. The molecule has 1 heterocycles. The number of anilines is 1. The number of hydrogen-bond donors (Lipinski definition) is 4. The van der Waals surface area contributed by atoms with Crippen LogP contribution in [0.5, 0.6) is 0 Å². The molecule has 5 unspecified atom stereocenters. The minimum atomic E-state index is -0.984. The molecule has 67 heavy (non-hydrogen) atoms. The minimum Gasteiger partial charge on any atom is -0.458 e. The maximum Gasteiger partial charge on any atom is 0.331 e. The highest BCUT2D eigenvalue weighted by Gasteiger charge is 2.70. The van der Waals surface area contributed by atoms with E-state index >= 15 is 0 Å². The number of allylic oxidation sites excluding steroid dienone is 5. The summed E-state index contributed by atoms with van der Waals surface area (Å²) in [6, 6.07) is 6.73. The van der Waals surface area contributed by atoms with Gasteiger partial charge in [-0.1, -0.05) is 33.8 Å². The summed E-state index contributed by atoms with van der Waals surface area (Å²) in [5.74, 6) is 0.311. The number of ether oxygens (including phenoxy) is 3. The van der Waals surface area contributed by atoms with Crippen molar-refractivity contribution < 1.29 is 43.4 Å². The Labute approximate surface area is 399 Å². The van der Waals surface area contributed by atoms with Crippen LogP contribution in [-0.2, 0) is 34.0 Å². The maximum absolute atomic E-state index is 12.7.